The maximum atomic E-state index is 6.17. The molecule has 0 fully saturated rings. The molecule has 2 atom stereocenters. The quantitative estimate of drug-likeness (QED) is 0.843. The second-order valence-corrected chi connectivity index (χ2v) is 5.04. The van der Waals surface area contributed by atoms with E-state index in [-0.39, 0.29) is 6.04 Å². The Morgan fingerprint density at radius 3 is 2.57 bits per heavy atom. The summed E-state index contributed by atoms with van der Waals surface area (Å²) < 4.78 is 1.28. The second-order valence-electron chi connectivity index (χ2n) is 3.88. The molecule has 0 bridgehead atoms. The lowest BCUT2D eigenvalue weighted by atomic mass is 9.95. The van der Waals surface area contributed by atoms with Crippen molar-refractivity contribution in [3.8, 4) is 0 Å². The van der Waals surface area contributed by atoms with E-state index in [0.717, 1.165) is 6.42 Å². The van der Waals surface area contributed by atoms with Crippen LogP contribution >= 0.6 is 22.6 Å². The van der Waals surface area contributed by atoms with Crippen LogP contribution in [0.2, 0.25) is 0 Å². The van der Waals surface area contributed by atoms with Crippen LogP contribution in [0.1, 0.15) is 38.3 Å². The van der Waals surface area contributed by atoms with Crippen molar-refractivity contribution >= 4 is 22.6 Å². The van der Waals surface area contributed by atoms with Crippen molar-refractivity contribution in [2.75, 3.05) is 0 Å². The zero-order valence-electron chi connectivity index (χ0n) is 8.83. The molecule has 0 heterocycles. The number of nitrogens with two attached hydrogens (primary N) is 1. The van der Waals surface area contributed by atoms with E-state index in [2.05, 4.69) is 60.7 Å². The van der Waals surface area contributed by atoms with Crippen molar-refractivity contribution in [1.82, 2.24) is 0 Å². The molecule has 0 spiro atoms. The summed E-state index contributed by atoms with van der Waals surface area (Å²) in [6, 6.07) is 8.56. The Morgan fingerprint density at radius 1 is 1.36 bits per heavy atom. The van der Waals surface area contributed by atoms with Gasteiger partial charge in [0.2, 0.25) is 0 Å². The summed E-state index contributed by atoms with van der Waals surface area (Å²) in [5.41, 5.74) is 7.45. The van der Waals surface area contributed by atoms with Crippen LogP contribution in [0.3, 0.4) is 0 Å². The lowest BCUT2D eigenvalue weighted by Gasteiger charge is -2.17. The van der Waals surface area contributed by atoms with Gasteiger partial charge in [-0.1, -0.05) is 38.5 Å². The predicted molar refractivity (Wildman–Crippen MR) is 70.2 cm³/mol. The first kappa shape index (κ1) is 12.0. The van der Waals surface area contributed by atoms with E-state index in [4.69, 9.17) is 5.73 Å². The van der Waals surface area contributed by atoms with E-state index in [9.17, 15) is 0 Å². The average Bonchev–Trinajstić information content (AvgIpc) is 2.18. The van der Waals surface area contributed by atoms with Gasteiger partial charge in [-0.3, -0.25) is 0 Å². The van der Waals surface area contributed by atoms with Crippen LogP contribution < -0.4 is 5.73 Å². The van der Waals surface area contributed by atoms with Crippen LogP contribution in [0.4, 0.5) is 0 Å². The summed E-state index contributed by atoms with van der Waals surface area (Å²) in [5, 5.41) is 0. The van der Waals surface area contributed by atoms with E-state index in [0.29, 0.717) is 5.92 Å². The summed E-state index contributed by atoms with van der Waals surface area (Å²) in [6.45, 7) is 4.48. The van der Waals surface area contributed by atoms with Crippen molar-refractivity contribution in [3.05, 3.63) is 33.4 Å². The highest BCUT2D eigenvalue weighted by Crippen LogP contribution is 2.24. The summed E-state index contributed by atoms with van der Waals surface area (Å²) in [5.74, 6) is 0.709. The molecule has 14 heavy (non-hydrogen) atoms. The Labute approximate surface area is 100 Å². The van der Waals surface area contributed by atoms with Crippen molar-refractivity contribution in [2.45, 2.75) is 32.7 Å². The van der Waals surface area contributed by atoms with Gasteiger partial charge in [-0.15, -0.1) is 0 Å². The number of hydrogen-bond donors (Lipinski definition) is 1. The third kappa shape index (κ3) is 3.24. The Morgan fingerprint density at radius 2 is 2.00 bits per heavy atom. The molecule has 0 saturated carbocycles. The van der Waals surface area contributed by atoms with Crippen LogP contribution in [0.5, 0.6) is 0 Å². The second kappa shape index (κ2) is 5.71. The molecule has 0 aromatic heterocycles. The standard InChI is InChI=1S/C12H18IN/c1-3-9(2)8-12(14)10-6-4-5-7-11(10)13/h4-7,9,12H,3,8,14H2,1-2H3. The zero-order valence-corrected chi connectivity index (χ0v) is 11.0. The minimum absolute atomic E-state index is 0.193. The fourth-order valence-electron chi connectivity index (χ4n) is 1.50. The van der Waals surface area contributed by atoms with Gasteiger partial charge in [0.15, 0.2) is 0 Å². The third-order valence-electron chi connectivity index (χ3n) is 2.66. The van der Waals surface area contributed by atoms with Crippen LogP contribution in [0, 0.1) is 9.49 Å². The van der Waals surface area contributed by atoms with E-state index >= 15 is 0 Å². The number of rotatable bonds is 4. The molecule has 1 rings (SSSR count). The average molecular weight is 303 g/mol. The van der Waals surface area contributed by atoms with Gasteiger partial charge in [0, 0.05) is 9.61 Å². The van der Waals surface area contributed by atoms with Crippen LogP contribution in [-0.4, -0.2) is 0 Å². The Balaban J connectivity index is 2.69. The molecule has 1 aromatic carbocycles. The number of benzene rings is 1. The molecular weight excluding hydrogens is 285 g/mol. The SMILES string of the molecule is CCC(C)CC(N)c1ccccc1I. The molecule has 1 nitrogen and oxygen atoms in total. The molecule has 1 aromatic rings. The van der Waals surface area contributed by atoms with Crippen molar-refractivity contribution in [1.29, 1.82) is 0 Å². The molecule has 78 valence electrons. The Bertz CT molecular complexity index is 285. The molecule has 2 N–H and O–H groups in total. The lowest BCUT2D eigenvalue weighted by molar-refractivity contribution is 0.460. The van der Waals surface area contributed by atoms with Gasteiger partial charge < -0.3 is 5.73 Å². The highest BCUT2D eigenvalue weighted by Gasteiger charge is 2.11. The summed E-state index contributed by atoms with van der Waals surface area (Å²) in [7, 11) is 0. The molecule has 0 saturated heterocycles. The van der Waals surface area contributed by atoms with Gasteiger partial charge in [0.05, 0.1) is 0 Å². The van der Waals surface area contributed by atoms with Crippen molar-refractivity contribution in [3.63, 3.8) is 0 Å². The molecular formula is C12H18IN. The normalized spacial score (nSPS) is 15.1. The summed E-state index contributed by atoms with van der Waals surface area (Å²) in [4.78, 5) is 0. The lowest BCUT2D eigenvalue weighted by Crippen LogP contribution is -2.14. The topological polar surface area (TPSA) is 26.0 Å². The summed E-state index contributed by atoms with van der Waals surface area (Å²) >= 11 is 2.35. The molecule has 0 aliphatic heterocycles. The zero-order chi connectivity index (χ0) is 10.6. The highest BCUT2D eigenvalue weighted by atomic mass is 127. The highest BCUT2D eigenvalue weighted by molar-refractivity contribution is 14.1. The fourth-order valence-corrected chi connectivity index (χ4v) is 2.29. The first-order valence-corrected chi connectivity index (χ1v) is 6.23. The van der Waals surface area contributed by atoms with Gasteiger partial charge in [-0.2, -0.15) is 0 Å². The monoisotopic (exact) mass is 303 g/mol. The number of hydrogen-bond acceptors (Lipinski definition) is 1. The molecule has 0 radical (unpaired) electrons. The number of halogens is 1. The Hall–Kier alpha value is -0.0900. The molecule has 2 heteroatoms. The van der Waals surface area contributed by atoms with E-state index < -0.39 is 0 Å². The van der Waals surface area contributed by atoms with Gasteiger partial charge in [-0.05, 0) is 46.6 Å². The molecule has 0 aliphatic rings. The van der Waals surface area contributed by atoms with E-state index in [1.807, 2.05) is 0 Å². The van der Waals surface area contributed by atoms with Crippen LogP contribution in [-0.2, 0) is 0 Å². The van der Waals surface area contributed by atoms with E-state index in [1.165, 1.54) is 15.6 Å². The minimum atomic E-state index is 0.193. The Kier molecular flexibility index (Phi) is 4.89. The fraction of sp³-hybridized carbons (Fsp3) is 0.500. The van der Waals surface area contributed by atoms with Crippen molar-refractivity contribution in [2.24, 2.45) is 11.7 Å². The van der Waals surface area contributed by atoms with Crippen molar-refractivity contribution < 1.29 is 0 Å². The molecule has 2 unspecified atom stereocenters. The van der Waals surface area contributed by atoms with Gasteiger partial charge in [-0.25, -0.2) is 0 Å². The smallest absolute Gasteiger partial charge is 0.0307 e. The van der Waals surface area contributed by atoms with Gasteiger partial charge >= 0.3 is 0 Å². The predicted octanol–water partition coefficient (Wildman–Crippen LogP) is 3.73. The maximum absolute atomic E-state index is 6.17. The van der Waals surface area contributed by atoms with Crippen LogP contribution in [0.25, 0.3) is 0 Å². The molecule has 0 aliphatic carbocycles. The van der Waals surface area contributed by atoms with E-state index in [1.54, 1.807) is 0 Å². The first-order valence-electron chi connectivity index (χ1n) is 5.15. The maximum Gasteiger partial charge on any atom is 0.0307 e. The van der Waals surface area contributed by atoms with Gasteiger partial charge in [0.25, 0.3) is 0 Å². The first-order chi connectivity index (χ1) is 6.65. The molecule has 0 amide bonds. The summed E-state index contributed by atoms with van der Waals surface area (Å²) in [6.07, 6.45) is 2.29. The third-order valence-corrected chi connectivity index (χ3v) is 3.64. The van der Waals surface area contributed by atoms with Crippen LogP contribution in [0.15, 0.2) is 24.3 Å². The largest absolute Gasteiger partial charge is 0.324 e. The minimum Gasteiger partial charge on any atom is -0.324 e. The van der Waals surface area contributed by atoms with Gasteiger partial charge in [0.1, 0.15) is 0 Å².